The zero-order chi connectivity index (χ0) is 23.0. The van der Waals surface area contributed by atoms with E-state index in [0.29, 0.717) is 23.5 Å². The first-order valence-corrected chi connectivity index (χ1v) is 12.8. The Morgan fingerprint density at radius 2 is 2.21 bits per heavy atom. The molecule has 2 fully saturated rings. The number of morpholine rings is 1. The van der Waals surface area contributed by atoms with Crippen LogP contribution in [0, 0.1) is 12.8 Å². The molecule has 0 bridgehead atoms. The van der Waals surface area contributed by atoms with E-state index in [9.17, 15) is 4.79 Å². The molecular weight excluding hydrogens is 440 g/mol. The van der Waals surface area contributed by atoms with Crippen LogP contribution < -0.4 is 5.32 Å². The van der Waals surface area contributed by atoms with Crippen molar-refractivity contribution in [3.05, 3.63) is 23.9 Å². The van der Waals surface area contributed by atoms with Gasteiger partial charge in [-0.3, -0.25) is 4.79 Å². The van der Waals surface area contributed by atoms with E-state index in [1.807, 2.05) is 30.5 Å². The minimum atomic E-state index is -0.266. The van der Waals surface area contributed by atoms with Gasteiger partial charge in [0.15, 0.2) is 23.9 Å². The lowest BCUT2D eigenvalue weighted by Crippen LogP contribution is -2.61. The van der Waals surface area contributed by atoms with E-state index in [2.05, 4.69) is 26.6 Å². The van der Waals surface area contributed by atoms with Gasteiger partial charge < -0.3 is 23.9 Å². The molecular formula is C23H32N6O3S. The van der Waals surface area contributed by atoms with Gasteiger partial charge in [-0.15, -0.1) is 10.2 Å². The second-order valence-electron chi connectivity index (χ2n) is 9.27. The highest BCUT2D eigenvalue weighted by atomic mass is 32.2. The number of carbonyl (C=O) groups is 1. The third-order valence-corrected chi connectivity index (χ3v) is 8.60. The maximum Gasteiger partial charge on any atom is 0.261 e. The first-order chi connectivity index (χ1) is 16.0. The molecule has 2 saturated heterocycles. The fourth-order valence-electron chi connectivity index (χ4n) is 5.68. The van der Waals surface area contributed by atoms with Crippen LogP contribution in [0.3, 0.4) is 0 Å². The quantitative estimate of drug-likeness (QED) is 0.506. The third kappa shape index (κ3) is 3.97. The van der Waals surface area contributed by atoms with Gasteiger partial charge in [-0.05, 0) is 64.0 Å². The molecule has 4 heterocycles. The van der Waals surface area contributed by atoms with E-state index in [1.165, 1.54) is 6.39 Å². The molecule has 0 radical (unpaired) electrons. The van der Waals surface area contributed by atoms with Gasteiger partial charge in [0.1, 0.15) is 11.3 Å². The van der Waals surface area contributed by atoms with E-state index in [4.69, 9.17) is 9.15 Å². The molecule has 33 heavy (non-hydrogen) atoms. The highest BCUT2D eigenvalue weighted by Crippen LogP contribution is 2.47. The van der Waals surface area contributed by atoms with Gasteiger partial charge in [0.25, 0.3) is 5.91 Å². The number of thioether (sulfide) groups is 1. The molecule has 3 aliphatic rings. The van der Waals surface area contributed by atoms with Crippen molar-refractivity contribution in [3.8, 4) is 11.6 Å². The summed E-state index contributed by atoms with van der Waals surface area (Å²) in [4.78, 5) is 18.6. The topological polar surface area (TPSA) is 98.3 Å². The smallest absolute Gasteiger partial charge is 0.261 e. The fourth-order valence-corrected chi connectivity index (χ4v) is 6.56. The zero-order valence-corrected chi connectivity index (χ0v) is 20.4. The largest absolute Gasteiger partial charge is 0.486 e. The summed E-state index contributed by atoms with van der Waals surface area (Å²) in [6, 6.07) is 0.451. The predicted octanol–water partition coefficient (Wildman–Crippen LogP) is 2.92. The van der Waals surface area contributed by atoms with Crippen LogP contribution in [-0.2, 0) is 16.6 Å². The monoisotopic (exact) mass is 472 g/mol. The Morgan fingerprint density at radius 3 is 3.03 bits per heavy atom. The second kappa shape index (κ2) is 9.13. The van der Waals surface area contributed by atoms with Crippen molar-refractivity contribution >= 4 is 17.7 Å². The number of hydrogen-bond donors (Lipinski definition) is 1. The molecule has 0 saturated carbocycles. The Labute approximate surface area is 198 Å². The number of aromatic nitrogens is 4. The molecule has 3 unspecified atom stereocenters. The maximum absolute atomic E-state index is 12.5. The number of carbonyl (C=O) groups excluding carboxylic acids is 1. The van der Waals surface area contributed by atoms with Gasteiger partial charge in [0.2, 0.25) is 5.82 Å². The van der Waals surface area contributed by atoms with Crippen molar-refractivity contribution in [2.75, 3.05) is 26.0 Å². The van der Waals surface area contributed by atoms with Gasteiger partial charge in [-0.25, -0.2) is 4.98 Å². The molecule has 10 heteroatoms. The summed E-state index contributed by atoms with van der Waals surface area (Å²) in [5.41, 5.74) is 0.550. The van der Waals surface area contributed by atoms with Crippen LogP contribution in [0.15, 0.2) is 27.8 Å². The van der Waals surface area contributed by atoms with E-state index in [-0.39, 0.29) is 18.1 Å². The highest BCUT2D eigenvalue weighted by molar-refractivity contribution is 7.99. The van der Waals surface area contributed by atoms with E-state index in [0.717, 1.165) is 67.4 Å². The summed E-state index contributed by atoms with van der Waals surface area (Å²) < 4.78 is 13.4. The molecule has 9 nitrogen and oxygen atoms in total. The molecule has 2 aromatic rings. The van der Waals surface area contributed by atoms with Crippen molar-refractivity contribution in [2.45, 2.75) is 62.2 Å². The molecule has 2 aromatic heterocycles. The number of ether oxygens (including phenoxy) is 1. The van der Waals surface area contributed by atoms with Crippen LogP contribution in [0.4, 0.5) is 0 Å². The Hall–Kier alpha value is -2.33. The molecule has 1 amide bonds. The summed E-state index contributed by atoms with van der Waals surface area (Å²) >= 11 is 1.72. The molecule has 3 atom stereocenters. The molecule has 1 aliphatic carbocycles. The SMILES string of the molecule is Cc1ncoc1-c1nnc(SCCCC2CC3CCC=C4OCC(=O)N(C)C43CCN2)n1C. The summed E-state index contributed by atoms with van der Waals surface area (Å²) in [6.45, 7) is 2.98. The number of nitrogens with one attached hydrogen (secondary N) is 1. The Kier molecular flexibility index (Phi) is 6.22. The number of amides is 1. The van der Waals surface area contributed by atoms with Crippen LogP contribution in [0.25, 0.3) is 11.6 Å². The van der Waals surface area contributed by atoms with Crippen molar-refractivity contribution in [1.29, 1.82) is 0 Å². The maximum atomic E-state index is 12.5. The molecule has 178 valence electrons. The zero-order valence-electron chi connectivity index (χ0n) is 19.5. The van der Waals surface area contributed by atoms with Crippen LogP contribution >= 0.6 is 11.8 Å². The molecule has 2 aliphatic heterocycles. The van der Waals surface area contributed by atoms with Gasteiger partial charge >= 0.3 is 0 Å². The number of allylic oxidation sites excluding steroid dienone is 1. The number of aryl methyl sites for hydroxylation is 1. The second-order valence-corrected chi connectivity index (χ2v) is 10.3. The third-order valence-electron chi connectivity index (χ3n) is 7.49. The first-order valence-electron chi connectivity index (χ1n) is 11.8. The number of likely N-dealkylation sites (N-methyl/N-ethyl adjacent to an activating group) is 1. The van der Waals surface area contributed by atoms with Crippen LogP contribution in [0.5, 0.6) is 0 Å². The Morgan fingerprint density at radius 1 is 1.33 bits per heavy atom. The average Bonchev–Trinajstić information content (AvgIpc) is 3.32. The summed E-state index contributed by atoms with van der Waals surface area (Å²) in [5.74, 6) is 3.91. The van der Waals surface area contributed by atoms with Gasteiger partial charge in [-0.1, -0.05) is 11.8 Å². The normalized spacial score (nSPS) is 27.4. The van der Waals surface area contributed by atoms with Crippen LogP contribution in [0.2, 0.25) is 0 Å². The number of rotatable bonds is 6. The van der Waals surface area contributed by atoms with E-state index < -0.39 is 0 Å². The summed E-state index contributed by atoms with van der Waals surface area (Å²) in [7, 11) is 3.92. The number of hydrogen-bond acceptors (Lipinski definition) is 8. The molecule has 0 aromatic carbocycles. The van der Waals surface area contributed by atoms with Gasteiger partial charge in [-0.2, -0.15) is 0 Å². The lowest BCUT2D eigenvalue weighted by Gasteiger charge is -2.52. The minimum Gasteiger partial charge on any atom is -0.486 e. The first kappa shape index (κ1) is 22.5. The van der Waals surface area contributed by atoms with Crippen molar-refractivity contribution < 1.29 is 13.9 Å². The average molecular weight is 473 g/mol. The highest BCUT2D eigenvalue weighted by Gasteiger charge is 2.53. The standard InChI is InChI=1S/C23H32N6O3S/c1-15-20(32-14-25-15)21-26-27-22(28(21)2)33-11-5-7-17-12-16-6-4-8-18-23(16,9-10-24-17)29(3)19(30)13-31-18/h8,14,16-17,24H,4-7,9-13H2,1-3H3. The molecule has 1 N–H and O–H groups in total. The van der Waals surface area contributed by atoms with Gasteiger partial charge in [0.05, 0.1) is 5.69 Å². The van der Waals surface area contributed by atoms with Gasteiger partial charge in [0, 0.05) is 25.9 Å². The van der Waals surface area contributed by atoms with Crippen molar-refractivity contribution in [2.24, 2.45) is 13.0 Å². The van der Waals surface area contributed by atoms with Crippen molar-refractivity contribution in [3.63, 3.8) is 0 Å². The predicted molar refractivity (Wildman–Crippen MR) is 124 cm³/mol. The fraction of sp³-hybridized carbons (Fsp3) is 0.652. The van der Waals surface area contributed by atoms with Crippen LogP contribution in [-0.4, -0.2) is 68.1 Å². The molecule has 5 rings (SSSR count). The summed E-state index contributed by atoms with van der Waals surface area (Å²) in [5, 5.41) is 13.3. The minimum absolute atomic E-state index is 0.0949. The number of nitrogens with zero attached hydrogens (tertiary/aromatic N) is 5. The summed E-state index contributed by atoms with van der Waals surface area (Å²) in [6.07, 6.45) is 9.97. The van der Waals surface area contributed by atoms with Crippen LogP contribution in [0.1, 0.15) is 44.2 Å². The van der Waals surface area contributed by atoms with Crippen molar-refractivity contribution in [1.82, 2.24) is 30.0 Å². The molecule has 1 spiro atoms. The number of oxazole rings is 1. The Balaban J connectivity index is 1.18. The Bertz CT molecular complexity index is 1050. The lowest BCUT2D eigenvalue weighted by molar-refractivity contribution is -0.152. The van der Waals surface area contributed by atoms with E-state index in [1.54, 1.807) is 11.8 Å². The van der Waals surface area contributed by atoms with E-state index >= 15 is 0 Å². The lowest BCUT2D eigenvalue weighted by atomic mass is 9.70.